The van der Waals surface area contributed by atoms with Crippen LogP contribution in [0.3, 0.4) is 0 Å². The maximum absolute atomic E-state index is 12.0. The Morgan fingerprint density at radius 2 is 1.75 bits per heavy atom. The van der Waals surface area contributed by atoms with Crippen LogP contribution >= 0.6 is 0 Å². The number of amides is 2. The lowest BCUT2D eigenvalue weighted by Crippen LogP contribution is -2.43. The first kappa shape index (κ1) is 18.8. The van der Waals surface area contributed by atoms with Crippen molar-refractivity contribution in [1.29, 1.82) is 0 Å². The largest absolute Gasteiger partial charge is 0.493 e. The van der Waals surface area contributed by atoms with Gasteiger partial charge in [0.25, 0.3) is 11.8 Å². The van der Waals surface area contributed by atoms with Crippen LogP contribution in [0.25, 0.3) is 11.4 Å². The average Bonchev–Trinajstić information content (AvgIpc) is 3.20. The second kappa shape index (κ2) is 8.62. The van der Waals surface area contributed by atoms with E-state index in [1.165, 1.54) is 7.11 Å². The third-order valence-electron chi connectivity index (χ3n) is 3.73. The number of hydrazine groups is 1. The zero-order valence-electron chi connectivity index (χ0n) is 15.2. The molecule has 0 aliphatic carbocycles. The van der Waals surface area contributed by atoms with Crippen molar-refractivity contribution in [3.8, 4) is 22.9 Å². The monoisotopic (exact) mass is 382 g/mol. The predicted octanol–water partition coefficient (Wildman–Crippen LogP) is 0.818. The van der Waals surface area contributed by atoms with Gasteiger partial charge in [-0.2, -0.15) is 4.80 Å². The zero-order chi connectivity index (χ0) is 19.9. The molecule has 0 aliphatic heterocycles. The lowest BCUT2D eigenvalue weighted by molar-refractivity contribution is -0.122. The molecule has 3 aromatic rings. The molecular weight excluding hydrogens is 364 g/mol. The number of nitrogens with one attached hydrogen (secondary N) is 2. The second-order valence-corrected chi connectivity index (χ2v) is 5.58. The number of rotatable bonds is 6. The molecule has 0 saturated heterocycles. The third-order valence-corrected chi connectivity index (χ3v) is 3.73. The van der Waals surface area contributed by atoms with Crippen molar-refractivity contribution in [2.75, 3.05) is 14.2 Å². The van der Waals surface area contributed by atoms with Crippen LogP contribution in [0.15, 0.2) is 48.5 Å². The number of tetrazole rings is 1. The molecule has 0 bridgehead atoms. The minimum atomic E-state index is -0.499. The van der Waals surface area contributed by atoms with E-state index < -0.39 is 11.8 Å². The van der Waals surface area contributed by atoms with Gasteiger partial charge in [0.2, 0.25) is 5.82 Å². The molecule has 0 aliphatic rings. The highest BCUT2D eigenvalue weighted by molar-refractivity contribution is 5.95. The Balaban J connectivity index is 1.60. The molecule has 3 rings (SSSR count). The molecule has 1 heterocycles. The molecule has 0 atom stereocenters. The van der Waals surface area contributed by atoms with Crippen LogP contribution in [0.4, 0.5) is 0 Å². The summed E-state index contributed by atoms with van der Waals surface area (Å²) in [5.74, 6) is 0.499. The predicted molar refractivity (Wildman–Crippen MR) is 98.4 cm³/mol. The van der Waals surface area contributed by atoms with Crippen molar-refractivity contribution in [3.05, 3.63) is 54.1 Å². The summed E-state index contributed by atoms with van der Waals surface area (Å²) >= 11 is 0. The molecule has 10 nitrogen and oxygen atoms in total. The van der Waals surface area contributed by atoms with E-state index in [4.69, 9.17) is 9.47 Å². The average molecular weight is 382 g/mol. The minimum absolute atomic E-state index is 0.213. The molecule has 2 amide bonds. The molecule has 144 valence electrons. The topological polar surface area (TPSA) is 120 Å². The van der Waals surface area contributed by atoms with Crippen LogP contribution in [0, 0.1) is 0 Å². The number of nitrogens with zero attached hydrogens (tertiary/aromatic N) is 4. The van der Waals surface area contributed by atoms with E-state index in [1.54, 1.807) is 55.6 Å². The van der Waals surface area contributed by atoms with Gasteiger partial charge in [0.15, 0.2) is 11.5 Å². The fraction of sp³-hybridized carbons (Fsp3) is 0.167. The van der Waals surface area contributed by atoms with Crippen molar-refractivity contribution in [1.82, 2.24) is 31.1 Å². The van der Waals surface area contributed by atoms with E-state index in [-0.39, 0.29) is 6.54 Å². The van der Waals surface area contributed by atoms with Crippen LogP contribution < -0.4 is 20.3 Å². The molecule has 1 aromatic heterocycles. The highest BCUT2D eigenvalue weighted by Crippen LogP contribution is 2.30. The van der Waals surface area contributed by atoms with Crippen molar-refractivity contribution in [2.45, 2.75) is 6.54 Å². The Labute approximate surface area is 160 Å². The molecule has 10 heteroatoms. The van der Waals surface area contributed by atoms with Crippen molar-refractivity contribution in [3.63, 3.8) is 0 Å². The summed E-state index contributed by atoms with van der Waals surface area (Å²) in [4.78, 5) is 25.0. The summed E-state index contributed by atoms with van der Waals surface area (Å²) in [5, 5.41) is 11.9. The third kappa shape index (κ3) is 4.41. The molecule has 0 radical (unpaired) electrons. The Morgan fingerprint density at radius 3 is 2.46 bits per heavy atom. The van der Waals surface area contributed by atoms with Gasteiger partial charge in [-0.25, -0.2) is 0 Å². The first-order chi connectivity index (χ1) is 13.6. The van der Waals surface area contributed by atoms with E-state index in [1.807, 2.05) is 0 Å². The van der Waals surface area contributed by atoms with E-state index in [0.29, 0.717) is 28.5 Å². The number of aromatic nitrogens is 4. The maximum Gasteiger partial charge on any atom is 0.269 e. The number of hydrogen-bond donors (Lipinski definition) is 2. The normalized spacial score (nSPS) is 10.2. The van der Waals surface area contributed by atoms with Gasteiger partial charge in [-0.1, -0.05) is 18.2 Å². The van der Waals surface area contributed by atoms with Crippen LogP contribution in [-0.4, -0.2) is 46.2 Å². The van der Waals surface area contributed by atoms with Gasteiger partial charge < -0.3 is 9.47 Å². The molecule has 2 aromatic carbocycles. The zero-order valence-corrected chi connectivity index (χ0v) is 15.2. The van der Waals surface area contributed by atoms with Gasteiger partial charge in [-0.05, 0) is 35.5 Å². The molecule has 0 spiro atoms. The number of ether oxygens (including phenoxy) is 2. The van der Waals surface area contributed by atoms with Crippen molar-refractivity contribution >= 4 is 11.8 Å². The van der Waals surface area contributed by atoms with Gasteiger partial charge >= 0.3 is 0 Å². The van der Waals surface area contributed by atoms with Crippen LogP contribution in [0.5, 0.6) is 11.5 Å². The maximum atomic E-state index is 12.0. The number of carbonyl (C=O) groups excluding carboxylic acids is 2. The Morgan fingerprint density at radius 1 is 1.00 bits per heavy atom. The summed E-state index contributed by atoms with van der Waals surface area (Å²) in [7, 11) is 3.07. The summed E-state index contributed by atoms with van der Waals surface area (Å²) in [6, 6.07) is 13.7. The fourth-order valence-electron chi connectivity index (χ4n) is 2.36. The van der Waals surface area contributed by atoms with E-state index >= 15 is 0 Å². The van der Waals surface area contributed by atoms with Crippen LogP contribution in [0.2, 0.25) is 0 Å². The van der Waals surface area contributed by atoms with Gasteiger partial charge in [0, 0.05) is 11.1 Å². The highest BCUT2D eigenvalue weighted by Gasteiger charge is 2.13. The first-order valence-electron chi connectivity index (χ1n) is 8.25. The van der Waals surface area contributed by atoms with Crippen molar-refractivity contribution in [2.24, 2.45) is 0 Å². The summed E-state index contributed by atoms with van der Waals surface area (Å²) in [5.41, 5.74) is 5.72. The molecule has 0 fully saturated rings. The van der Waals surface area contributed by atoms with Gasteiger partial charge in [0.1, 0.15) is 6.54 Å². The minimum Gasteiger partial charge on any atom is -0.493 e. The van der Waals surface area contributed by atoms with Gasteiger partial charge in [-0.3, -0.25) is 20.4 Å². The molecule has 0 unspecified atom stereocenters. The highest BCUT2D eigenvalue weighted by atomic mass is 16.5. The standard InChI is InChI=1S/C18H18N6O4/c1-27-14-9-8-13(10-15(14)28-2)17-20-23-24(22-17)11-16(25)19-21-18(26)12-6-4-3-5-7-12/h3-10H,11H2,1-2H3,(H,19,25)(H,21,26). The summed E-state index contributed by atoms with van der Waals surface area (Å²) in [6.45, 7) is -0.213. The quantitative estimate of drug-likeness (QED) is 0.606. The second-order valence-electron chi connectivity index (χ2n) is 5.58. The van der Waals surface area contributed by atoms with Gasteiger partial charge in [0.05, 0.1) is 14.2 Å². The number of carbonyl (C=O) groups is 2. The van der Waals surface area contributed by atoms with Crippen LogP contribution in [0.1, 0.15) is 10.4 Å². The van der Waals surface area contributed by atoms with E-state index in [2.05, 4.69) is 26.3 Å². The molecular formula is C18H18N6O4. The number of methoxy groups -OCH3 is 2. The Bertz CT molecular complexity index is 973. The SMILES string of the molecule is COc1ccc(-c2nnn(CC(=O)NNC(=O)c3ccccc3)n2)cc1OC. The lowest BCUT2D eigenvalue weighted by Gasteiger charge is -2.07. The van der Waals surface area contributed by atoms with Gasteiger partial charge in [-0.15, -0.1) is 10.2 Å². The summed E-state index contributed by atoms with van der Waals surface area (Å²) in [6.07, 6.45) is 0. The Hall–Kier alpha value is -3.95. The number of benzene rings is 2. The van der Waals surface area contributed by atoms with E-state index in [0.717, 1.165) is 4.80 Å². The molecule has 28 heavy (non-hydrogen) atoms. The summed E-state index contributed by atoms with van der Waals surface area (Å²) < 4.78 is 10.4. The van der Waals surface area contributed by atoms with E-state index in [9.17, 15) is 9.59 Å². The smallest absolute Gasteiger partial charge is 0.269 e. The fourth-order valence-corrected chi connectivity index (χ4v) is 2.36. The molecule has 0 saturated carbocycles. The van der Waals surface area contributed by atoms with Crippen molar-refractivity contribution < 1.29 is 19.1 Å². The number of hydrogen-bond acceptors (Lipinski definition) is 7. The first-order valence-corrected chi connectivity index (χ1v) is 8.25. The lowest BCUT2D eigenvalue weighted by atomic mass is 10.2. The molecule has 2 N–H and O–H groups in total. The Kier molecular flexibility index (Phi) is 5.80. The van der Waals surface area contributed by atoms with Crippen LogP contribution in [-0.2, 0) is 11.3 Å².